The first kappa shape index (κ1) is 14.8. The fourth-order valence-corrected chi connectivity index (χ4v) is 3.17. The minimum Gasteiger partial charge on any atom is -0.480 e. The quantitative estimate of drug-likeness (QED) is 0.723. The second-order valence-electron chi connectivity index (χ2n) is 4.47. The van der Waals surface area contributed by atoms with Crippen molar-refractivity contribution >= 4 is 50.4 Å². The van der Waals surface area contributed by atoms with E-state index in [9.17, 15) is 14.7 Å². The van der Waals surface area contributed by atoms with Gasteiger partial charge in [-0.05, 0) is 60.1 Å². The molecule has 1 aromatic carbocycles. The molecular formula is C13H13BrINO3. The Balaban J connectivity index is 2.31. The van der Waals surface area contributed by atoms with Crippen LogP contribution >= 0.6 is 38.5 Å². The maximum atomic E-state index is 12.5. The van der Waals surface area contributed by atoms with E-state index in [1.165, 1.54) is 4.90 Å². The highest BCUT2D eigenvalue weighted by atomic mass is 127. The molecule has 0 spiro atoms. The van der Waals surface area contributed by atoms with E-state index in [4.69, 9.17) is 0 Å². The number of halogens is 2. The van der Waals surface area contributed by atoms with Crippen molar-refractivity contribution in [1.29, 1.82) is 0 Å². The molecule has 0 radical (unpaired) electrons. The van der Waals surface area contributed by atoms with Crippen LogP contribution in [0.5, 0.6) is 0 Å². The molecule has 0 bridgehead atoms. The molecule has 2 rings (SSSR count). The fourth-order valence-electron chi connectivity index (χ4n) is 2.25. The van der Waals surface area contributed by atoms with Gasteiger partial charge >= 0.3 is 5.97 Å². The Morgan fingerprint density at radius 3 is 2.79 bits per heavy atom. The number of carboxylic acids is 1. The summed E-state index contributed by atoms with van der Waals surface area (Å²) in [7, 11) is 0. The number of nitrogens with zero attached hydrogens (tertiary/aromatic N) is 1. The van der Waals surface area contributed by atoms with Gasteiger partial charge in [-0.25, -0.2) is 4.79 Å². The number of hydrogen-bond donors (Lipinski definition) is 1. The van der Waals surface area contributed by atoms with Crippen molar-refractivity contribution < 1.29 is 14.7 Å². The third-order valence-corrected chi connectivity index (χ3v) is 4.64. The van der Waals surface area contributed by atoms with Gasteiger partial charge in [-0.2, -0.15) is 0 Å². The molecule has 0 saturated carbocycles. The lowest BCUT2D eigenvalue weighted by Gasteiger charge is -2.33. The lowest BCUT2D eigenvalue weighted by molar-refractivity contribution is -0.143. The Kier molecular flexibility index (Phi) is 4.83. The minimum absolute atomic E-state index is 0.196. The highest BCUT2D eigenvalue weighted by Crippen LogP contribution is 2.24. The van der Waals surface area contributed by atoms with Crippen LogP contribution in [0, 0.1) is 3.57 Å². The molecule has 1 fully saturated rings. The Bertz CT molecular complexity index is 521. The monoisotopic (exact) mass is 437 g/mol. The molecule has 0 aliphatic carbocycles. The molecule has 1 atom stereocenters. The number of aliphatic carboxylic acids is 1. The topological polar surface area (TPSA) is 57.6 Å². The van der Waals surface area contributed by atoms with E-state index in [2.05, 4.69) is 38.5 Å². The summed E-state index contributed by atoms with van der Waals surface area (Å²) in [6.07, 6.45) is 2.25. The van der Waals surface area contributed by atoms with Crippen LogP contribution in [0.1, 0.15) is 29.6 Å². The van der Waals surface area contributed by atoms with Gasteiger partial charge in [0.1, 0.15) is 6.04 Å². The number of benzene rings is 1. The number of amides is 1. The SMILES string of the molecule is O=C(O)[C@@H]1CCCCN1C(=O)c1cc(Br)ccc1I. The Morgan fingerprint density at radius 2 is 2.11 bits per heavy atom. The van der Waals surface area contributed by atoms with Crippen molar-refractivity contribution in [2.24, 2.45) is 0 Å². The molecule has 1 aliphatic rings. The molecule has 1 amide bonds. The Hall–Kier alpha value is -0.630. The van der Waals surface area contributed by atoms with Crippen LogP contribution in [0.25, 0.3) is 0 Å². The first-order valence-electron chi connectivity index (χ1n) is 5.99. The van der Waals surface area contributed by atoms with E-state index < -0.39 is 12.0 Å². The van der Waals surface area contributed by atoms with Gasteiger partial charge in [-0.1, -0.05) is 15.9 Å². The van der Waals surface area contributed by atoms with Crippen LogP contribution in [0.4, 0.5) is 0 Å². The second kappa shape index (κ2) is 6.21. The zero-order valence-corrected chi connectivity index (χ0v) is 13.8. The predicted molar refractivity (Wildman–Crippen MR) is 83.2 cm³/mol. The predicted octanol–water partition coefficient (Wildman–Crippen LogP) is 3.13. The number of rotatable bonds is 2. The van der Waals surface area contributed by atoms with E-state index in [-0.39, 0.29) is 5.91 Å². The van der Waals surface area contributed by atoms with Crippen LogP contribution < -0.4 is 0 Å². The van der Waals surface area contributed by atoms with Crippen LogP contribution in [0.15, 0.2) is 22.7 Å². The lowest BCUT2D eigenvalue weighted by atomic mass is 10.0. The summed E-state index contributed by atoms with van der Waals surface area (Å²) >= 11 is 5.44. The number of likely N-dealkylation sites (tertiary alicyclic amines) is 1. The highest BCUT2D eigenvalue weighted by molar-refractivity contribution is 14.1. The highest BCUT2D eigenvalue weighted by Gasteiger charge is 2.33. The third-order valence-electron chi connectivity index (χ3n) is 3.21. The molecule has 1 aromatic rings. The van der Waals surface area contributed by atoms with Gasteiger partial charge in [-0.3, -0.25) is 4.79 Å². The number of carbonyl (C=O) groups is 2. The zero-order chi connectivity index (χ0) is 14.0. The molecule has 4 nitrogen and oxygen atoms in total. The lowest BCUT2D eigenvalue weighted by Crippen LogP contribution is -2.48. The molecule has 1 saturated heterocycles. The van der Waals surface area contributed by atoms with E-state index in [0.29, 0.717) is 18.5 Å². The molecule has 6 heteroatoms. The van der Waals surface area contributed by atoms with E-state index in [1.54, 1.807) is 6.07 Å². The molecular weight excluding hydrogens is 425 g/mol. The summed E-state index contributed by atoms with van der Waals surface area (Å²) in [5, 5.41) is 9.22. The van der Waals surface area contributed by atoms with Gasteiger partial charge < -0.3 is 10.0 Å². The molecule has 0 aromatic heterocycles. The first-order chi connectivity index (χ1) is 9.00. The van der Waals surface area contributed by atoms with Crippen LogP contribution in [-0.4, -0.2) is 34.5 Å². The summed E-state index contributed by atoms with van der Waals surface area (Å²) in [5.74, 6) is -1.11. The van der Waals surface area contributed by atoms with E-state index in [1.807, 2.05) is 12.1 Å². The number of carbonyl (C=O) groups excluding carboxylic acids is 1. The van der Waals surface area contributed by atoms with E-state index in [0.717, 1.165) is 20.9 Å². The average Bonchev–Trinajstić information content (AvgIpc) is 2.40. The van der Waals surface area contributed by atoms with Crippen molar-refractivity contribution in [3.05, 3.63) is 31.8 Å². The maximum Gasteiger partial charge on any atom is 0.326 e. The van der Waals surface area contributed by atoms with Crippen molar-refractivity contribution in [3.8, 4) is 0 Å². The fraction of sp³-hybridized carbons (Fsp3) is 0.385. The van der Waals surface area contributed by atoms with Gasteiger partial charge in [0.05, 0.1) is 5.56 Å². The maximum absolute atomic E-state index is 12.5. The Morgan fingerprint density at radius 1 is 1.37 bits per heavy atom. The van der Waals surface area contributed by atoms with Gasteiger partial charge in [0, 0.05) is 14.6 Å². The first-order valence-corrected chi connectivity index (χ1v) is 7.86. The van der Waals surface area contributed by atoms with Crippen molar-refractivity contribution in [2.45, 2.75) is 25.3 Å². The third kappa shape index (κ3) is 3.28. The number of hydrogen-bond acceptors (Lipinski definition) is 2. The van der Waals surface area contributed by atoms with E-state index >= 15 is 0 Å². The van der Waals surface area contributed by atoms with Crippen molar-refractivity contribution in [2.75, 3.05) is 6.54 Å². The summed E-state index contributed by atoms with van der Waals surface area (Å²) < 4.78 is 1.65. The van der Waals surface area contributed by atoms with Gasteiger partial charge in [0.25, 0.3) is 5.91 Å². The number of piperidine rings is 1. The molecule has 1 aliphatic heterocycles. The van der Waals surface area contributed by atoms with Crippen LogP contribution in [-0.2, 0) is 4.79 Å². The van der Waals surface area contributed by atoms with Crippen LogP contribution in [0.3, 0.4) is 0 Å². The van der Waals surface area contributed by atoms with Gasteiger partial charge in [0.2, 0.25) is 0 Å². The summed E-state index contributed by atoms with van der Waals surface area (Å²) in [6.45, 7) is 0.512. The summed E-state index contributed by atoms with van der Waals surface area (Å²) in [4.78, 5) is 25.3. The summed E-state index contributed by atoms with van der Waals surface area (Å²) in [5.41, 5.74) is 0.558. The zero-order valence-electron chi connectivity index (χ0n) is 10.1. The second-order valence-corrected chi connectivity index (χ2v) is 6.55. The van der Waals surface area contributed by atoms with Gasteiger partial charge in [0.15, 0.2) is 0 Å². The molecule has 1 heterocycles. The van der Waals surface area contributed by atoms with Crippen molar-refractivity contribution in [3.63, 3.8) is 0 Å². The smallest absolute Gasteiger partial charge is 0.326 e. The number of carboxylic acid groups (broad SMARTS) is 1. The standard InChI is InChI=1S/C13H13BrINO3/c14-8-4-5-10(15)9(7-8)12(17)16-6-2-1-3-11(16)13(18)19/h4-5,7,11H,1-3,6H2,(H,18,19)/t11-/m0/s1. The summed E-state index contributed by atoms with van der Waals surface area (Å²) in [6, 6.07) is 4.76. The minimum atomic E-state index is -0.918. The van der Waals surface area contributed by atoms with Crippen LogP contribution in [0.2, 0.25) is 0 Å². The Labute approximate surface area is 133 Å². The molecule has 0 unspecified atom stereocenters. The average molecular weight is 438 g/mol. The largest absolute Gasteiger partial charge is 0.480 e. The van der Waals surface area contributed by atoms with Crippen molar-refractivity contribution in [1.82, 2.24) is 4.90 Å². The van der Waals surface area contributed by atoms with Gasteiger partial charge in [-0.15, -0.1) is 0 Å². The molecule has 102 valence electrons. The normalized spacial score (nSPS) is 19.3. The molecule has 1 N–H and O–H groups in total. The molecule has 19 heavy (non-hydrogen) atoms.